The topological polar surface area (TPSA) is 33.5 Å². The van der Waals surface area contributed by atoms with Crippen LogP contribution in [-0.2, 0) is 4.79 Å². The van der Waals surface area contributed by atoms with Crippen LogP contribution in [0, 0.1) is 11.6 Å². The molecule has 1 aliphatic heterocycles. The molecule has 0 radical (unpaired) electrons. The minimum Gasteiger partial charge on any atom is -0.457 e. The van der Waals surface area contributed by atoms with E-state index in [4.69, 9.17) is 16.6 Å². The van der Waals surface area contributed by atoms with E-state index < -0.39 is 11.6 Å². The first-order valence-electron chi connectivity index (χ1n) is 9.32. The van der Waals surface area contributed by atoms with Crippen molar-refractivity contribution in [3.05, 3.63) is 95.1 Å². The fourth-order valence-electron chi connectivity index (χ4n) is 3.47. The maximum atomic E-state index is 14.0. The first-order valence-corrected chi connectivity index (χ1v) is 10.5. The van der Waals surface area contributed by atoms with Gasteiger partial charge in [-0.25, -0.2) is 8.78 Å². The summed E-state index contributed by atoms with van der Waals surface area (Å²) in [6.07, 6.45) is 1.58. The Morgan fingerprint density at radius 1 is 0.968 bits per heavy atom. The van der Waals surface area contributed by atoms with Gasteiger partial charge in [-0.15, -0.1) is 0 Å². The van der Waals surface area contributed by atoms with Crippen LogP contribution >= 0.6 is 24.0 Å². The predicted octanol–water partition coefficient (Wildman–Crippen LogP) is 6.78. The van der Waals surface area contributed by atoms with E-state index in [-0.39, 0.29) is 17.2 Å². The molecule has 2 heterocycles. The number of furan rings is 1. The van der Waals surface area contributed by atoms with Crippen LogP contribution in [0.25, 0.3) is 28.2 Å². The quantitative estimate of drug-likeness (QED) is 0.255. The second-order valence-electron chi connectivity index (χ2n) is 6.84. The highest BCUT2D eigenvalue weighted by Gasteiger charge is 2.34. The van der Waals surface area contributed by atoms with E-state index in [0.717, 1.165) is 28.6 Å². The minimum absolute atomic E-state index is 0.143. The first-order chi connectivity index (χ1) is 15.0. The first kappa shape index (κ1) is 19.7. The molecule has 0 N–H and O–H groups in total. The van der Waals surface area contributed by atoms with Crippen molar-refractivity contribution in [1.29, 1.82) is 0 Å². The lowest BCUT2D eigenvalue weighted by Crippen LogP contribution is -2.27. The summed E-state index contributed by atoms with van der Waals surface area (Å²) in [6, 6.07) is 20.0. The number of benzene rings is 3. The van der Waals surface area contributed by atoms with Crippen LogP contribution in [0.1, 0.15) is 5.76 Å². The van der Waals surface area contributed by atoms with Gasteiger partial charge in [-0.05, 0) is 35.7 Å². The Morgan fingerprint density at radius 3 is 2.61 bits per heavy atom. The van der Waals surface area contributed by atoms with Gasteiger partial charge in [0.2, 0.25) is 0 Å². The van der Waals surface area contributed by atoms with Crippen LogP contribution < -0.4 is 4.90 Å². The molecule has 3 nitrogen and oxygen atoms in total. The Morgan fingerprint density at radius 2 is 1.77 bits per heavy atom. The fourth-order valence-corrected chi connectivity index (χ4v) is 4.74. The Labute approximate surface area is 186 Å². The van der Waals surface area contributed by atoms with Crippen LogP contribution in [0.5, 0.6) is 0 Å². The number of carbonyl (C=O) groups excluding carboxylic acids is 1. The summed E-state index contributed by atoms with van der Waals surface area (Å²) in [5.41, 5.74) is 0.863. The Bertz CT molecular complexity index is 1390. The third-order valence-electron chi connectivity index (χ3n) is 4.90. The number of halogens is 2. The molecule has 1 saturated heterocycles. The summed E-state index contributed by atoms with van der Waals surface area (Å²) in [5.74, 6) is -1.02. The molecular formula is C24H13F2NO2S2. The summed E-state index contributed by atoms with van der Waals surface area (Å²) in [4.78, 5) is 15.1. The molecule has 7 heteroatoms. The molecule has 1 amide bonds. The normalized spacial score (nSPS) is 15.4. The van der Waals surface area contributed by atoms with Gasteiger partial charge in [0.25, 0.3) is 5.91 Å². The van der Waals surface area contributed by atoms with Crippen molar-refractivity contribution in [2.24, 2.45) is 0 Å². The zero-order valence-corrected chi connectivity index (χ0v) is 17.5. The maximum absolute atomic E-state index is 14.0. The fraction of sp³-hybridized carbons (Fsp3) is 0. The van der Waals surface area contributed by atoms with E-state index in [9.17, 15) is 13.6 Å². The van der Waals surface area contributed by atoms with Crippen LogP contribution in [-0.4, -0.2) is 10.2 Å². The molecule has 4 aromatic rings. The van der Waals surface area contributed by atoms with Crippen LogP contribution in [0.15, 0.2) is 82.1 Å². The van der Waals surface area contributed by atoms with Gasteiger partial charge in [0, 0.05) is 17.5 Å². The van der Waals surface area contributed by atoms with Gasteiger partial charge in [0.1, 0.15) is 23.2 Å². The van der Waals surface area contributed by atoms with Crippen molar-refractivity contribution in [2.75, 3.05) is 4.90 Å². The highest BCUT2D eigenvalue weighted by Crippen LogP contribution is 2.39. The molecule has 31 heavy (non-hydrogen) atoms. The van der Waals surface area contributed by atoms with E-state index in [1.165, 1.54) is 22.7 Å². The molecule has 0 aliphatic carbocycles. The largest absolute Gasteiger partial charge is 0.457 e. The van der Waals surface area contributed by atoms with E-state index in [1.807, 2.05) is 42.5 Å². The SMILES string of the molecule is O=C1/C(=C/c2ccc(-c3ccc(F)cc3F)o2)SC(=S)N1c1cccc2ccccc12. The van der Waals surface area contributed by atoms with Gasteiger partial charge in [-0.2, -0.15) is 0 Å². The number of carbonyl (C=O) groups is 1. The van der Waals surface area contributed by atoms with E-state index >= 15 is 0 Å². The number of thioether (sulfide) groups is 1. The molecule has 1 aliphatic rings. The van der Waals surface area contributed by atoms with Gasteiger partial charge in [0.15, 0.2) is 4.32 Å². The molecule has 152 valence electrons. The van der Waals surface area contributed by atoms with Crippen molar-refractivity contribution in [1.82, 2.24) is 0 Å². The number of anilines is 1. The van der Waals surface area contributed by atoms with Gasteiger partial charge in [0.05, 0.1) is 16.2 Å². The average Bonchev–Trinajstić information content (AvgIpc) is 3.32. The smallest absolute Gasteiger partial charge is 0.270 e. The molecule has 1 fully saturated rings. The summed E-state index contributed by atoms with van der Waals surface area (Å²) in [7, 11) is 0. The van der Waals surface area contributed by atoms with Crippen LogP contribution in [0.3, 0.4) is 0 Å². The third kappa shape index (κ3) is 3.56. The Hall–Kier alpha value is -3.29. The molecule has 1 aromatic heterocycles. The van der Waals surface area contributed by atoms with Gasteiger partial charge in [-0.1, -0.05) is 60.4 Å². The van der Waals surface area contributed by atoms with Crippen molar-refractivity contribution < 1.29 is 18.0 Å². The van der Waals surface area contributed by atoms with E-state index in [0.29, 0.717) is 15.0 Å². The number of amides is 1. The van der Waals surface area contributed by atoms with Crippen LogP contribution in [0.4, 0.5) is 14.5 Å². The van der Waals surface area contributed by atoms with Gasteiger partial charge < -0.3 is 4.42 Å². The number of hydrogen-bond acceptors (Lipinski definition) is 4. The zero-order chi connectivity index (χ0) is 21.5. The molecule has 0 bridgehead atoms. The van der Waals surface area contributed by atoms with Crippen LogP contribution in [0.2, 0.25) is 0 Å². The van der Waals surface area contributed by atoms with E-state index in [1.54, 1.807) is 18.2 Å². The highest BCUT2D eigenvalue weighted by molar-refractivity contribution is 8.27. The Kier molecular flexibility index (Phi) is 4.92. The standard InChI is InChI=1S/C24H13F2NO2S2/c25-15-8-10-18(19(26)12-15)21-11-9-16(29-21)13-22-23(28)27(24(30)31-22)20-7-3-5-14-4-1-2-6-17(14)20/h1-13H/b22-13-. The number of nitrogens with zero attached hydrogens (tertiary/aromatic N) is 1. The molecule has 0 spiro atoms. The lowest BCUT2D eigenvalue weighted by Gasteiger charge is -2.17. The molecule has 5 rings (SSSR count). The summed E-state index contributed by atoms with van der Waals surface area (Å²) in [5, 5.41) is 1.93. The number of hydrogen-bond donors (Lipinski definition) is 0. The number of rotatable bonds is 3. The monoisotopic (exact) mass is 449 g/mol. The summed E-state index contributed by atoms with van der Waals surface area (Å²) < 4.78 is 33.3. The summed E-state index contributed by atoms with van der Waals surface area (Å²) >= 11 is 6.65. The molecule has 3 aromatic carbocycles. The van der Waals surface area contributed by atoms with Crippen molar-refractivity contribution in [3.8, 4) is 11.3 Å². The molecule has 0 unspecified atom stereocenters. The molecular weight excluding hydrogens is 436 g/mol. The van der Waals surface area contributed by atoms with Crippen molar-refractivity contribution >= 4 is 56.7 Å². The van der Waals surface area contributed by atoms with Gasteiger partial charge in [-0.3, -0.25) is 9.69 Å². The van der Waals surface area contributed by atoms with E-state index in [2.05, 4.69) is 0 Å². The Balaban J connectivity index is 1.48. The minimum atomic E-state index is -0.719. The second-order valence-corrected chi connectivity index (χ2v) is 8.52. The molecule has 0 atom stereocenters. The van der Waals surface area contributed by atoms with Crippen molar-refractivity contribution in [3.63, 3.8) is 0 Å². The van der Waals surface area contributed by atoms with Gasteiger partial charge >= 0.3 is 0 Å². The predicted molar refractivity (Wildman–Crippen MR) is 124 cm³/mol. The lowest BCUT2D eigenvalue weighted by molar-refractivity contribution is -0.113. The average molecular weight is 450 g/mol. The third-order valence-corrected chi connectivity index (χ3v) is 6.20. The summed E-state index contributed by atoms with van der Waals surface area (Å²) in [6.45, 7) is 0. The van der Waals surface area contributed by atoms with Crippen molar-refractivity contribution in [2.45, 2.75) is 0 Å². The highest BCUT2D eigenvalue weighted by atomic mass is 32.2. The number of fused-ring (bicyclic) bond motifs is 1. The lowest BCUT2D eigenvalue weighted by atomic mass is 10.1. The molecule has 0 saturated carbocycles. The zero-order valence-electron chi connectivity index (χ0n) is 15.8. The second kappa shape index (κ2) is 7.76. The maximum Gasteiger partial charge on any atom is 0.270 e. The number of thiocarbonyl (C=S) groups is 1.